The molecule has 0 radical (unpaired) electrons. The van der Waals surface area contributed by atoms with Gasteiger partial charge in [0.25, 0.3) is 0 Å². The minimum Gasteiger partial charge on any atom is -0.479 e. The fourth-order valence-corrected chi connectivity index (χ4v) is 8.71. The molecule has 6 atom stereocenters. The largest absolute Gasteiger partial charge is 0.479 e. The molecule has 0 aromatic carbocycles. The highest BCUT2D eigenvalue weighted by Crippen LogP contribution is 2.26. The molecule has 0 aliphatic carbocycles. The highest BCUT2D eigenvalue weighted by molar-refractivity contribution is 5.74. The number of aliphatic hydroxyl groups excluding tert-OH is 2. The van der Waals surface area contributed by atoms with Crippen LogP contribution < -0.4 is 0 Å². The van der Waals surface area contributed by atoms with Crippen LogP contribution in [0.2, 0.25) is 0 Å². The van der Waals surface area contributed by atoms with Crippen LogP contribution in [0.5, 0.6) is 0 Å². The van der Waals surface area contributed by atoms with Gasteiger partial charge >= 0.3 is 23.9 Å². The molecule has 1 fully saturated rings. The van der Waals surface area contributed by atoms with Crippen molar-refractivity contribution in [3.05, 3.63) is 72.9 Å². The third-order valence-electron chi connectivity index (χ3n) is 13.3. The lowest BCUT2D eigenvalue weighted by Gasteiger charge is -2.40. The monoisotopic (exact) mass is 1050 g/mol. The van der Waals surface area contributed by atoms with Crippen LogP contribution in [0.1, 0.15) is 252 Å². The van der Waals surface area contributed by atoms with E-state index in [9.17, 15) is 34.5 Å². The lowest BCUT2D eigenvalue weighted by molar-refractivity contribution is -0.301. The van der Waals surface area contributed by atoms with Crippen molar-refractivity contribution >= 4 is 23.9 Å². The van der Waals surface area contributed by atoms with Crippen LogP contribution in [-0.2, 0) is 42.9 Å². The van der Waals surface area contributed by atoms with Gasteiger partial charge in [0, 0.05) is 19.3 Å². The van der Waals surface area contributed by atoms with Gasteiger partial charge in [-0.15, -0.1) is 0 Å². The summed E-state index contributed by atoms with van der Waals surface area (Å²) in [4.78, 5) is 51.0. The van der Waals surface area contributed by atoms with Crippen molar-refractivity contribution in [1.82, 2.24) is 0 Å². The average Bonchev–Trinajstić information content (AvgIpc) is 3.39. The number of carboxylic acids is 1. The molecule has 1 rings (SSSR count). The second-order valence-corrected chi connectivity index (χ2v) is 20.3. The molecule has 0 saturated carbocycles. The van der Waals surface area contributed by atoms with Crippen molar-refractivity contribution < 1.29 is 58.2 Å². The van der Waals surface area contributed by atoms with E-state index in [0.717, 1.165) is 89.9 Å². The van der Waals surface area contributed by atoms with Gasteiger partial charge in [0.05, 0.1) is 6.61 Å². The molecule has 6 unspecified atom stereocenters. The predicted octanol–water partition coefficient (Wildman–Crippen LogP) is 15.3. The maximum Gasteiger partial charge on any atom is 0.335 e. The summed E-state index contributed by atoms with van der Waals surface area (Å²) in [5, 5.41) is 31.4. The van der Waals surface area contributed by atoms with Crippen molar-refractivity contribution in [3.8, 4) is 0 Å². The van der Waals surface area contributed by atoms with E-state index in [2.05, 4.69) is 75.5 Å². The number of aliphatic carboxylic acids is 1. The van der Waals surface area contributed by atoms with Crippen LogP contribution in [0.3, 0.4) is 0 Å². The third-order valence-corrected chi connectivity index (χ3v) is 13.3. The molecular formula is C63H106O12. The summed E-state index contributed by atoms with van der Waals surface area (Å²) >= 11 is 0. The normalized spacial score (nSPS) is 18.7. The number of rotatable bonds is 50. The minimum absolute atomic E-state index is 0.0631. The zero-order valence-electron chi connectivity index (χ0n) is 47.3. The number of carboxylic acid groups (broad SMARTS) is 1. The summed E-state index contributed by atoms with van der Waals surface area (Å²) in [6, 6.07) is 0. The van der Waals surface area contributed by atoms with Crippen LogP contribution in [0.25, 0.3) is 0 Å². The predicted molar refractivity (Wildman–Crippen MR) is 303 cm³/mol. The smallest absolute Gasteiger partial charge is 0.335 e. The Bertz CT molecular complexity index is 1580. The topological polar surface area (TPSA) is 175 Å². The van der Waals surface area contributed by atoms with E-state index >= 15 is 0 Å². The minimum atomic E-state index is -1.93. The zero-order chi connectivity index (χ0) is 54.7. The fourth-order valence-electron chi connectivity index (χ4n) is 8.71. The number of carbonyl (C=O) groups is 4. The van der Waals surface area contributed by atoms with Gasteiger partial charge < -0.3 is 39.0 Å². The average molecular weight is 1060 g/mol. The van der Waals surface area contributed by atoms with Crippen molar-refractivity contribution in [2.45, 2.75) is 289 Å². The molecule has 430 valence electrons. The van der Waals surface area contributed by atoms with Gasteiger partial charge in [0.1, 0.15) is 18.8 Å². The van der Waals surface area contributed by atoms with Gasteiger partial charge in [-0.2, -0.15) is 0 Å². The molecule has 3 N–H and O–H groups in total. The van der Waals surface area contributed by atoms with E-state index in [4.69, 9.17) is 23.7 Å². The lowest BCUT2D eigenvalue weighted by atomic mass is 9.98. The number of ether oxygens (including phenoxy) is 5. The van der Waals surface area contributed by atoms with Gasteiger partial charge in [-0.1, -0.05) is 235 Å². The quantitative estimate of drug-likeness (QED) is 0.0228. The molecule has 0 bridgehead atoms. The number of carbonyl (C=O) groups excluding carboxylic acids is 3. The summed E-state index contributed by atoms with van der Waals surface area (Å²) in [6.07, 6.45) is 51.9. The Balaban J connectivity index is 2.69. The van der Waals surface area contributed by atoms with Crippen LogP contribution in [-0.4, -0.2) is 89.2 Å². The van der Waals surface area contributed by atoms with E-state index in [1.54, 1.807) is 0 Å². The molecule has 0 spiro atoms. The van der Waals surface area contributed by atoms with E-state index in [1.807, 2.05) is 18.2 Å². The van der Waals surface area contributed by atoms with Crippen molar-refractivity contribution in [1.29, 1.82) is 0 Å². The van der Waals surface area contributed by atoms with Gasteiger partial charge in [-0.25, -0.2) is 4.79 Å². The summed E-state index contributed by atoms with van der Waals surface area (Å²) in [5.41, 5.74) is 0. The summed E-state index contributed by atoms with van der Waals surface area (Å²) < 4.78 is 28.3. The lowest BCUT2D eigenvalue weighted by Crippen LogP contribution is -2.61. The number of hydrogen-bond acceptors (Lipinski definition) is 11. The van der Waals surface area contributed by atoms with Crippen LogP contribution in [0, 0.1) is 0 Å². The summed E-state index contributed by atoms with van der Waals surface area (Å²) in [7, 11) is 0. The zero-order valence-corrected chi connectivity index (χ0v) is 47.3. The van der Waals surface area contributed by atoms with Gasteiger partial charge in [-0.3, -0.25) is 14.4 Å². The molecule has 1 heterocycles. The summed E-state index contributed by atoms with van der Waals surface area (Å²) in [6.45, 7) is 5.78. The number of unbranched alkanes of at least 4 members (excludes halogenated alkanes) is 24. The highest BCUT2D eigenvalue weighted by atomic mass is 16.7. The molecule has 75 heavy (non-hydrogen) atoms. The molecule has 1 aliphatic rings. The van der Waals surface area contributed by atoms with E-state index in [1.165, 1.54) is 96.3 Å². The molecule has 0 amide bonds. The number of aliphatic hydroxyl groups is 2. The first kappa shape index (κ1) is 69.2. The molecule has 12 heteroatoms. The van der Waals surface area contributed by atoms with Crippen molar-refractivity contribution in [2.75, 3.05) is 13.2 Å². The maximum atomic E-state index is 13.1. The summed E-state index contributed by atoms with van der Waals surface area (Å²) in [5.74, 6) is -3.24. The van der Waals surface area contributed by atoms with Gasteiger partial charge in [-0.05, 0) is 70.6 Å². The van der Waals surface area contributed by atoms with Crippen LogP contribution in [0.15, 0.2) is 72.9 Å². The first-order chi connectivity index (χ1) is 36.6. The molecule has 12 nitrogen and oxygen atoms in total. The van der Waals surface area contributed by atoms with E-state index in [-0.39, 0.29) is 25.9 Å². The van der Waals surface area contributed by atoms with Crippen molar-refractivity contribution in [3.63, 3.8) is 0 Å². The maximum absolute atomic E-state index is 13.1. The van der Waals surface area contributed by atoms with Crippen LogP contribution in [0.4, 0.5) is 0 Å². The van der Waals surface area contributed by atoms with E-state index < -0.39 is 67.3 Å². The second kappa shape index (κ2) is 50.9. The van der Waals surface area contributed by atoms with Gasteiger partial charge in [0.15, 0.2) is 24.6 Å². The van der Waals surface area contributed by atoms with Gasteiger partial charge in [0.2, 0.25) is 0 Å². The Morgan fingerprint density at radius 2 is 0.893 bits per heavy atom. The molecule has 0 aromatic rings. The van der Waals surface area contributed by atoms with Crippen molar-refractivity contribution in [2.24, 2.45) is 0 Å². The SMILES string of the molecule is CC/C=C\C/C=C\C/C=C\C/C=C\CCC(=O)OC1C(OCC(COC(=O)CCCCCCCCCCCCCCCCCCCCC)OC(=O)CCCCCCC/C=C\C/C=C\CCC)OC(C(=O)O)C(O)C1O. The van der Waals surface area contributed by atoms with E-state index in [0.29, 0.717) is 25.7 Å². The van der Waals surface area contributed by atoms with Crippen LogP contribution >= 0.6 is 0 Å². The first-order valence-electron chi connectivity index (χ1n) is 29.9. The first-order valence-corrected chi connectivity index (χ1v) is 29.9. The molecule has 1 saturated heterocycles. The Morgan fingerprint density at radius 1 is 0.453 bits per heavy atom. The fraction of sp³-hybridized carbons (Fsp3) is 0.746. The third kappa shape index (κ3) is 41.0. The second-order valence-electron chi connectivity index (χ2n) is 20.3. The number of hydrogen-bond donors (Lipinski definition) is 3. The Morgan fingerprint density at radius 3 is 1.39 bits per heavy atom. The molecular weight excluding hydrogens is 949 g/mol. The number of allylic oxidation sites excluding steroid dienone is 12. The Labute approximate surface area is 455 Å². The Hall–Kier alpha value is -3.84. The molecule has 1 aliphatic heterocycles. The number of esters is 3. The standard InChI is InChI=1S/C63H106O12/c1-4-7-10-13-16-19-22-25-26-27-28-29-30-33-34-37-40-43-46-49-55(64)71-52-54(73-56(65)50-47-44-41-38-35-31-23-20-17-14-11-8-5-2)53-72-63-61(59(68)58(67)60(75-63)62(69)70)74-57(66)51-48-45-42-39-36-32-24-21-18-15-12-9-6-3/h9,11-12,14,18,20-21,23,32,36,42,45,54,58-61,63,67-68H,4-8,10,13,15-17,19,22,24-31,33-35,37-41,43-44,46-53H2,1-3H3,(H,69,70)/b12-9-,14-11-,21-18-,23-20-,36-32-,45-42-. The highest BCUT2D eigenvalue weighted by Gasteiger charge is 2.50. The molecule has 0 aromatic heterocycles. The Kier molecular flexibility index (Phi) is 47.0.